The summed E-state index contributed by atoms with van der Waals surface area (Å²) < 4.78 is 0. The Bertz CT molecular complexity index is 338. The Morgan fingerprint density at radius 2 is 1.95 bits per heavy atom. The van der Waals surface area contributed by atoms with Crippen molar-refractivity contribution in [2.45, 2.75) is 20.4 Å². The van der Waals surface area contributed by atoms with Crippen molar-refractivity contribution in [1.82, 2.24) is 20.1 Å². The highest BCUT2D eigenvalue weighted by atomic mass is 15.2. The lowest BCUT2D eigenvalue weighted by molar-refractivity contribution is 0.219. The molecule has 0 fully saturated rings. The summed E-state index contributed by atoms with van der Waals surface area (Å²) in [6, 6.07) is 6.05. The first-order chi connectivity index (χ1) is 9.58. The van der Waals surface area contributed by atoms with Crippen LogP contribution in [0, 0.1) is 5.92 Å². The van der Waals surface area contributed by atoms with E-state index in [1.165, 1.54) is 6.54 Å². The third kappa shape index (κ3) is 8.25. The van der Waals surface area contributed by atoms with Gasteiger partial charge in [-0.25, -0.2) is 0 Å². The molecule has 4 nitrogen and oxygen atoms in total. The molecule has 1 N–H and O–H groups in total. The van der Waals surface area contributed by atoms with Gasteiger partial charge in [-0.15, -0.1) is 0 Å². The minimum absolute atomic E-state index is 0.716. The molecule has 114 valence electrons. The van der Waals surface area contributed by atoms with E-state index in [-0.39, 0.29) is 0 Å². The molecule has 1 aromatic rings. The molecule has 0 amide bonds. The van der Waals surface area contributed by atoms with Crippen LogP contribution < -0.4 is 5.32 Å². The lowest BCUT2D eigenvalue weighted by Gasteiger charge is -2.25. The molecule has 0 aliphatic heterocycles. The Morgan fingerprint density at radius 3 is 2.55 bits per heavy atom. The molecule has 0 bridgehead atoms. The van der Waals surface area contributed by atoms with Crippen molar-refractivity contribution in [3.63, 3.8) is 0 Å². The van der Waals surface area contributed by atoms with Crippen LogP contribution in [0.2, 0.25) is 0 Å². The summed E-state index contributed by atoms with van der Waals surface area (Å²) in [5.41, 5.74) is 1.11. The summed E-state index contributed by atoms with van der Waals surface area (Å²) >= 11 is 0. The van der Waals surface area contributed by atoms with Crippen LogP contribution in [0.3, 0.4) is 0 Å². The molecule has 0 atom stereocenters. The first-order valence-corrected chi connectivity index (χ1v) is 7.55. The van der Waals surface area contributed by atoms with Crippen LogP contribution in [0.15, 0.2) is 24.4 Å². The zero-order valence-corrected chi connectivity index (χ0v) is 13.5. The van der Waals surface area contributed by atoms with Crippen LogP contribution in [0.4, 0.5) is 0 Å². The number of hydrogen-bond donors (Lipinski definition) is 1. The minimum Gasteiger partial charge on any atom is -0.310 e. The fourth-order valence-corrected chi connectivity index (χ4v) is 2.11. The van der Waals surface area contributed by atoms with Crippen molar-refractivity contribution < 1.29 is 0 Å². The van der Waals surface area contributed by atoms with Gasteiger partial charge in [0.2, 0.25) is 0 Å². The fourth-order valence-electron chi connectivity index (χ4n) is 2.11. The van der Waals surface area contributed by atoms with Crippen LogP contribution in [0.25, 0.3) is 0 Å². The summed E-state index contributed by atoms with van der Waals surface area (Å²) in [7, 11) is 4.26. The first-order valence-electron chi connectivity index (χ1n) is 7.55. The van der Waals surface area contributed by atoms with Crippen molar-refractivity contribution in [1.29, 1.82) is 0 Å². The number of rotatable bonds is 10. The van der Waals surface area contributed by atoms with E-state index in [1.807, 2.05) is 18.3 Å². The largest absolute Gasteiger partial charge is 0.310 e. The zero-order chi connectivity index (χ0) is 14.8. The fraction of sp³-hybridized carbons (Fsp3) is 0.688. The maximum Gasteiger partial charge on any atom is 0.0541 e. The van der Waals surface area contributed by atoms with Gasteiger partial charge in [0, 0.05) is 45.5 Å². The van der Waals surface area contributed by atoms with Gasteiger partial charge in [0.1, 0.15) is 0 Å². The summed E-state index contributed by atoms with van der Waals surface area (Å²) in [5.74, 6) is 0.716. The zero-order valence-electron chi connectivity index (χ0n) is 13.5. The second kappa shape index (κ2) is 9.86. The van der Waals surface area contributed by atoms with E-state index < -0.39 is 0 Å². The van der Waals surface area contributed by atoms with Gasteiger partial charge in [-0.3, -0.25) is 4.98 Å². The predicted molar refractivity (Wildman–Crippen MR) is 85.8 cm³/mol. The number of aromatic nitrogens is 1. The van der Waals surface area contributed by atoms with E-state index in [0.717, 1.165) is 38.4 Å². The van der Waals surface area contributed by atoms with E-state index in [0.29, 0.717) is 5.92 Å². The molecule has 1 aromatic heterocycles. The van der Waals surface area contributed by atoms with Crippen LogP contribution in [-0.4, -0.2) is 61.6 Å². The van der Waals surface area contributed by atoms with Gasteiger partial charge in [0.05, 0.1) is 5.69 Å². The lowest BCUT2D eigenvalue weighted by Crippen LogP contribution is -2.38. The second-order valence-electron chi connectivity index (χ2n) is 6.00. The minimum atomic E-state index is 0.716. The highest BCUT2D eigenvalue weighted by Crippen LogP contribution is 1.98. The molecule has 0 aromatic carbocycles. The van der Waals surface area contributed by atoms with Crippen molar-refractivity contribution >= 4 is 0 Å². The van der Waals surface area contributed by atoms with E-state index in [4.69, 9.17) is 0 Å². The molecule has 0 saturated carbocycles. The lowest BCUT2D eigenvalue weighted by atomic mass is 10.2. The molecular weight excluding hydrogens is 248 g/mol. The molecule has 20 heavy (non-hydrogen) atoms. The summed E-state index contributed by atoms with van der Waals surface area (Å²) in [5, 5.41) is 3.48. The highest BCUT2D eigenvalue weighted by molar-refractivity contribution is 5.02. The Balaban J connectivity index is 2.23. The monoisotopic (exact) mass is 278 g/mol. The van der Waals surface area contributed by atoms with Gasteiger partial charge in [0.15, 0.2) is 0 Å². The Kier molecular flexibility index (Phi) is 8.42. The number of hydrogen-bond acceptors (Lipinski definition) is 4. The Labute approximate surface area is 124 Å². The molecule has 0 aliphatic rings. The third-order valence-electron chi connectivity index (χ3n) is 3.12. The third-order valence-corrected chi connectivity index (χ3v) is 3.12. The average Bonchev–Trinajstić information content (AvgIpc) is 2.41. The maximum atomic E-state index is 4.32. The van der Waals surface area contributed by atoms with E-state index in [9.17, 15) is 0 Å². The molecule has 0 spiro atoms. The van der Waals surface area contributed by atoms with Crippen LogP contribution in [0.1, 0.15) is 19.5 Å². The van der Waals surface area contributed by atoms with Gasteiger partial charge in [-0.05, 0) is 32.1 Å². The maximum absolute atomic E-state index is 4.32. The highest BCUT2D eigenvalue weighted by Gasteiger charge is 2.07. The smallest absolute Gasteiger partial charge is 0.0541 e. The first kappa shape index (κ1) is 17.1. The second-order valence-corrected chi connectivity index (χ2v) is 6.00. The standard InChI is InChI=1S/C16H30N4/c1-15(2)14-20(12-11-19(3)4)10-9-17-13-16-7-5-6-8-18-16/h5-8,15,17H,9-14H2,1-4H3. The summed E-state index contributed by atoms with van der Waals surface area (Å²) in [6.45, 7) is 10.9. The Hall–Kier alpha value is -0.970. The van der Waals surface area contributed by atoms with Crippen molar-refractivity contribution in [3.05, 3.63) is 30.1 Å². The van der Waals surface area contributed by atoms with Gasteiger partial charge in [0.25, 0.3) is 0 Å². The van der Waals surface area contributed by atoms with Crippen LogP contribution in [0.5, 0.6) is 0 Å². The number of nitrogens with one attached hydrogen (secondary N) is 1. The summed E-state index contributed by atoms with van der Waals surface area (Å²) in [4.78, 5) is 9.10. The molecule has 4 heteroatoms. The number of likely N-dealkylation sites (N-methyl/N-ethyl adjacent to an activating group) is 1. The molecule has 0 saturated heterocycles. The van der Waals surface area contributed by atoms with Crippen LogP contribution >= 0.6 is 0 Å². The number of nitrogens with zero attached hydrogens (tertiary/aromatic N) is 3. The predicted octanol–water partition coefficient (Wildman–Crippen LogP) is 1.69. The molecule has 0 radical (unpaired) electrons. The van der Waals surface area contributed by atoms with E-state index in [2.05, 4.69) is 54.1 Å². The van der Waals surface area contributed by atoms with Gasteiger partial charge in [-0.1, -0.05) is 19.9 Å². The topological polar surface area (TPSA) is 31.4 Å². The molecular formula is C16H30N4. The number of pyridine rings is 1. The van der Waals surface area contributed by atoms with E-state index >= 15 is 0 Å². The quantitative estimate of drug-likeness (QED) is 0.660. The molecule has 0 aliphatic carbocycles. The van der Waals surface area contributed by atoms with Gasteiger partial charge < -0.3 is 15.1 Å². The average molecular weight is 278 g/mol. The molecule has 0 unspecified atom stereocenters. The van der Waals surface area contributed by atoms with Crippen molar-refractivity contribution in [2.24, 2.45) is 5.92 Å². The van der Waals surface area contributed by atoms with Crippen molar-refractivity contribution in [2.75, 3.05) is 46.8 Å². The SMILES string of the molecule is CC(C)CN(CCNCc1ccccn1)CCN(C)C. The van der Waals surface area contributed by atoms with E-state index in [1.54, 1.807) is 0 Å². The van der Waals surface area contributed by atoms with Gasteiger partial charge >= 0.3 is 0 Å². The summed E-state index contributed by atoms with van der Waals surface area (Å²) in [6.07, 6.45) is 1.85. The van der Waals surface area contributed by atoms with Crippen molar-refractivity contribution in [3.8, 4) is 0 Å². The Morgan fingerprint density at radius 1 is 1.15 bits per heavy atom. The van der Waals surface area contributed by atoms with Crippen LogP contribution in [-0.2, 0) is 6.54 Å². The van der Waals surface area contributed by atoms with Gasteiger partial charge in [-0.2, -0.15) is 0 Å². The molecule has 1 rings (SSSR count). The molecule has 1 heterocycles. The normalized spacial score (nSPS) is 11.8.